The zero-order valence-corrected chi connectivity index (χ0v) is 15.8. The fourth-order valence-electron chi connectivity index (χ4n) is 2.63. The van der Waals surface area contributed by atoms with Crippen LogP contribution < -0.4 is 16.4 Å². The van der Waals surface area contributed by atoms with Crippen LogP contribution in [0.1, 0.15) is 46.8 Å². The van der Waals surface area contributed by atoms with Crippen LogP contribution in [0, 0.1) is 6.92 Å². The van der Waals surface area contributed by atoms with E-state index in [-0.39, 0.29) is 0 Å². The number of primary amides is 1. The molecule has 1 amide bonds. The topological polar surface area (TPSA) is 79.5 Å². The highest BCUT2D eigenvalue weighted by molar-refractivity contribution is 5.92. The Balaban J connectivity index is 1.96. The second kappa shape index (κ2) is 9.61. The number of carbonyl (C=O) groups excluding carboxylic acids is 1. The number of carbonyl (C=O) groups is 1. The van der Waals surface area contributed by atoms with Gasteiger partial charge in [0.15, 0.2) is 5.96 Å². The smallest absolute Gasteiger partial charge is 0.248 e. The highest BCUT2D eigenvalue weighted by Crippen LogP contribution is 2.15. The summed E-state index contributed by atoms with van der Waals surface area (Å²) in [5.74, 6) is 0.750. The number of nitrogens with zero attached hydrogens (tertiary/aromatic N) is 1. The predicted molar refractivity (Wildman–Crippen MR) is 107 cm³/mol. The lowest BCUT2D eigenvalue weighted by atomic mass is 9.99. The van der Waals surface area contributed by atoms with E-state index in [1.165, 1.54) is 11.1 Å². The molecule has 138 valence electrons. The number of hydrogen-bond acceptors (Lipinski definition) is 2. The van der Waals surface area contributed by atoms with E-state index in [9.17, 15) is 4.79 Å². The molecule has 5 nitrogen and oxygen atoms in total. The van der Waals surface area contributed by atoms with E-state index in [0.29, 0.717) is 18.0 Å². The first-order valence-electron chi connectivity index (χ1n) is 8.97. The molecule has 2 aromatic carbocycles. The lowest BCUT2D eigenvalue weighted by Crippen LogP contribution is -2.39. The summed E-state index contributed by atoms with van der Waals surface area (Å²) < 4.78 is 0. The van der Waals surface area contributed by atoms with Crippen LogP contribution in [-0.2, 0) is 6.54 Å². The zero-order chi connectivity index (χ0) is 18.9. The van der Waals surface area contributed by atoms with E-state index >= 15 is 0 Å². The van der Waals surface area contributed by atoms with E-state index < -0.39 is 5.91 Å². The molecule has 0 fully saturated rings. The van der Waals surface area contributed by atoms with E-state index in [1.54, 1.807) is 12.1 Å². The molecule has 5 heteroatoms. The quantitative estimate of drug-likeness (QED) is 0.529. The molecule has 0 aliphatic heterocycles. The van der Waals surface area contributed by atoms with Crippen molar-refractivity contribution in [3.8, 4) is 0 Å². The number of nitrogens with one attached hydrogen (secondary N) is 2. The van der Waals surface area contributed by atoms with Gasteiger partial charge < -0.3 is 16.4 Å². The number of amides is 1. The van der Waals surface area contributed by atoms with E-state index in [2.05, 4.69) is 53.7 Å². The van der Waals surface area contributed by atoms with Crippen molar-refractivity contribution in [1.29, 1.82) is 0 Å². The molecule has 2 aromatic rings. The molecule has 0 aliphatic rings. The molecule has 0 saturated heterocycles. The first kappa shape index (κ1) is 19.5. The molecule has 2 rings (SSSR count). The van der Waals surface area contributed by atoms with Crippen LogP contribution in [-0.4, -0.2) is 25.0 Å². The molecule has 0 aliphatic carbocycles. The maximum atomic E-state index is 11.1. The standard InChI is InChI=1S/C21H28N4O/c1-4-23-21(24-13-16(3)19-7-5-6-15(2)12-19)25-14-17-8-10-18(11-9-17)20(22)26/h5-12,16H,4,13-14H2,1-3H3,(H2,22,26)(H2,23,24,25). The summed E-state index contributed by atoms with van der Waals surface area (Å²) in [4.78, 5) is 15.7. The van der Waals surface area contributed by atoms with Crippen LogP contribution in [0.25, 0.3) is 0 Å². The van der Waals surface area contributed by atoms with E-state index in [1.807, 2.05) is 19.1 Å². The number of aryl methyl sites for hydroxylation is 1. The third kappa shape index (κ3) is 5.92. The number of hydrogen-bond donors (Lipinski definition) is 3. The van der Waals surface area contributed by atoms with Gasteiger partial charge in [0.1, 0.15) is 0 Å². The van der Waals surface area contributed by atoms with Gasteiger partial charge in [0.25, 0.3) is 0 Å². The average molecular weight is 352 g/mol. The fraction of sp³-hybridized carbons (Fsp3) is 0.333. The number of aliphatic imine (C=N–C) groups is 1. The lowest BCUT2D eigenvalue weighted by molar-refractivity contribution is 0.100. The summed E-state index contributed by atoms with van der Waals surface area (Å²) in [6.45, 7) is 8.49. The van der Waals surface area contributed by atoms with Crippen molar-refractivity contribution < 1.29 is 4.79 Å². The third-order valence-electron chi connectivity index (χ3n) is 4.19. The molecule has 1 atom stereocenters. The van der Waals surface area contributed by atoms with Gasteiger partial charge in [0, 0.05) is 18.7 Å². The van der Waals surface area contributed by atoms with Gasteiger partial charge in [-0.2, -0.15) is 0 Å². The number of nitrogens with two attached hydrogens (primary N) is 1. The van der Waals surface area contributed by atoms with Gasteiger partial charge in [-0.15, -0.1) is 0 Å². The maximum absolute atomic E-state index is 11.1. The van der Waals surface area contributed by atoms with Crippen molar-refractivity contribution in [2.45, 2.75) is 33.2 Å². The highest BCUT2D eigenvalue weighted by Gasteiger charge is 2.07. The Kier molecular flexibility index (Phi) is 7.21. The van der Waals surface area contributed by atoms with Crippen LogP contribution in [0.3, 0.4) is 0 Å². The maximum Gasteiger partial charge on any atom is 0.248 e. The summed E-state index contributed by atoms with van der Waals surface area (Å²) in [5, 5.41) is 6.67. The number of benzene rings is 2. The van der Waals surface area contributed by atoms with Gasteiger partial charge in [-0.25, -0.2) is 4.99 Å². The van der Waals surface area contributed by atoms with Crippen molar-refractivity contribution in [2.75, 3.05) is 13.1 Å². The summed E-state index contributed by atoms with van der Waals surface area (Å²) in [6, 6.07) is 15.8. The molecule has 0 radical (unpaired) electrons. The number of guanidine groups is 1. The van der Waals surface area contributed by atoms with Crippen molar-refractivity contribution in [2.24, 2.45) is 10.7 Å². The number of rotatable bonds is 7. The minimum absolute atomic E-state index is 0.383. The van der Waals surface area contributed by atoms with Crippen LogP contribution >= 0.6 is 0 Å². The Morgan fingerprint density at radius 3 is 2.50 bits per heavy atom. The molecule has 4 N–H and O–H groups in total. The Labute approximate surface area is 155 Å². The molecular formula is C21H28N4O. The zero-order valence-electron chi connectivity index (χ0n) is 15.8. The Morgan fingerprint density at radius 2 is 1.88 bits per heavy atom. The second-order valence-electron chi connectivity index (χ2n) is 6.45. The molecular weight excluding hydrogens is 324 g/mol. The summed E-state index contributed by atoms with van der Waals surface area (Å²) >= 11 is 0. The fourth-order valence-corrected chi connectivity index (χ4v) is 2.63. The van der Waals surface area contributed by atoms with Crippen molar-refractivity contribution in [1.82, 2.24) is 10.6 Å². The molecule has 0 aromatic heterocycles. The highest BCUT2D eigenvalue weighted by atomic mass is 16.1. The summed E-state index contributed by atoms with van der Waals surface area (Å²) in [6.07, 6.45) is 0. The van der Waals surface area contributed by atoms with Gasteiger partial charge >= 0.3 is 0 Å². The Morgan fingerprint density at radius 1 is 1.15 bits per heavy atom. The lowest BCUT2D eigenvalue weighted by Gasteiger charge is -2.16. The predicted octanol–water partition coefficient (Wildman–Crippen LogP) is 2.95. The minimum Gasteiger partial charge on any atom is -0.366 e. The van der Waals surface area contributed by atoms with Gasteiger partial charge in [-0.1, -0.05) is 48.9 Å². The Bertz CT molecular complexity index is 753. The third-order valence-corrected chi connectivity index (χ3v) is 4.19. The molecule has 26 heavy (non-hydrogen) atoms. The van der Waals surface area contributed by atoms with Crippen LogP contribution in [0.4, 0.5) is 0 Å². The molecule has 0 spiro atoms. The summed E-state index contributed by atoms with van der Waals surface area (Å²) in [5.41, 5.74) is 9.39. The molecule has 0 heterocycles. The molecule has 1 unspecified atom stereocenters. The van der Waals surface area contributed by atoms with E-state index in [0.717, 1.165) is 24.6 Å². The second-order valence-corrected chi connectivity index (χ2v) is 6.45. The van der Waals surface area contributed by atoms with Crippen molar-refractivity contribution >= 4 is 11.9 Å². The minimum atomic E-state index is -0.416. The Hall–Kier alpha value is -2.82. The average Bonchev–Trinajstić information content (AvgIpc) is 2.64. The van der Waals surface area contributed by atoms with Crippen molar-refractivity contribution in [3.63, 3.8) is 0 Å². The van der Waals surface area contributed by atoms with E-state index in [4.69, 9.17) is 5.73 Å². The summed E-state index contributed by atoms with van der Waals surface area (Å²) in [7, 11) is 0. The molecule has 0 saturated carbocycles. The van der Waals surface area contributed by atoms with Gasteiger partial charge in [0.2, 0.25) is 5.91 Å². The van der Waals surface area contributed by atoms with Gasteiger partial charge in [0.05, 0.1) is 6.54 Å². The normalized spacial score (nSPS) is 12.5. The largest absolute Gasteiger partial charge is 0.366 e. The first-order chi connectivity index (χ1) is 12.5. The van der Waals surface area contributed by atoms with Crippen LogP contribution in [0.5, 0.6) is 0 Å². The van der Waals surface area contributed by atoms with Gasteiger partial charge in [-0.3, -0.25) is 4.79 Å². The first-order valence-corrected chi connectivity index (χ1v) is 8.97. The molecule has 0 bridgehead atoms. The monoisotopic (exact) mass is 352 g/mol. The van der Waals surface area contributed by atoms with Gasteiger partial charge in [-0.05, 0) is 43.0 Å². The van der Waals surface area contributed by atoms with Crippen molar-refractivity contribution in [3.05, 3.63) is 70.8 Å². The van der Waals surface area contributed by atoms with Crippen LogP contribution in [0.15, 0.2) is 53.5 Å². The van der Waals surface area contributed by atoms with Crippen LogP contribution in [0.2, 0.25) is 0 Å². The SMILES string of the molecule is CCNC(=NCc1ccc(C(N)=O)cc1)NCC(C)c1cccc(C)c1.